The molecule has 0 unspecified atom stereocenters. The molecule has 0 saturated carbocycles. The highest BCUT2D eigenvalue weighted by Gasteiger charge is 2.23. The van der Waals surface area contributed by atoms with Gasteiger partial charge < -0.3 is 4.90 Å². The first kappa shape index (κ1) is 17.7. The molecule has 2 heterocycles. The van der Waals surface area contributed by atoms with Crippen molar-refractivity contribution in [3.63, 3.8) is 0 Å². The Morgan fingerprint density at radius 1 is 1.16 bits per heavy atom. The van der Waals surface area contributed by atoms with E-state index in [1.807, 2.05) is 24.3 Å². The van der Waals surface area contributed by atoms with Crippen LogP contribution in [0.25, 0.3) is 0 Å². The van der Waals surface area contributed by atoms with Crippen LogP contribution in [-0.4, -0.2) is 51.7 Å². The molecule has 5 nitrogen and oxygen atoms in total. The Bertz CT molecular complexity index is 682. The molecule has 25 heavy (non-hydrogen) atoms. The molecule has 1 amide bonds. The van der Waals surface area contributed by atoms with Crippen molar-refractivity contribution < 1.29 is 4.79 Å². The minimum atomic E-state index is 0.261. The fraction of sp³-hybridized carbons (Fsp3) is 0.500. The molecule has 3 rings (SSSR count). The van der Waals surface area contributed by atoms with Gasteiger partial charge in [0, 0.05) is 52.4 Å². The molecule has 1 saturated heterocycles. The van der Waals surface area contributed by atoms with Crippen molar-refractivity contribution in [3.8, 4) is 0 Å². The van der Waals surface area contributed by atoms with E-state index >= 15 is 0 Å². The summed E-state index contributed by atoms with van der Waals surface area (Å²) in [6, 6.07) is 10.6. The van der Waals surface area contributed by atoms with Gasteiger partial charge >= 0.3 is 0 Å². The molecule has 1 aromatic carbocycles. The fourth-order valence-electron chi connectivity index (χ4n) is 3.54. The Morgan fingerprint density at radius 3 is 2.68 bits per heavy atom. The smallest absolute Gasteiger partial charge is 0.222 e. The molecule has 1 atom stereocenters. The number of amides is 1. The van der Waals surface area contributed by atoms with Gasteiger partial charge in [-0.15, -0.1) is 0 Å². The average molecular weight is 340 g/mol. The maximum Gasteiger partial charge on any atom is 0.222 e. The molecule has 2 aromatic rings. The van der Waals surface area contributed by atoms with E-state index in [0.717, 1.165) is 44.7 Å². The van der Waals surface area contributed by atoms with Crippen LogP contribution in [0.2, 0.25) is 0 Å². The lowest BCUT2D eigenvalue weighted by Gasteiger charge is -2.22. The first-order valence-corrected chi connectivity index (χ1v) is 9.12. The van der Waals surface area contributed by atoms with Crippen molar-refractivity contribution in [3.05, 3.63) is 53.9 Å². The van der Waals surface area contributed by atoms with Crippen LogP contribution >= 0.6 is 0 Å². The summed E-state index contributed by atoms with van der Waals surface area (Å²) < 4.78 is 1.79. The number of rotatable bonds is 5. The van der Waals surface area contributed by atoms with Crippen LogP contribution in [0, 0.1) is 5.92 Å². The summed E-state index contributed by atoms with van der Waals surface area (Å²) in [5, 5.41) is 4.17. The van der Waals surface area contributed by atoms with Crippen LogP contribution < -0.4 is 0 Å². The van der Waals surface area contributed by atoms with Crippen LogP contribution in [0.5, 0.6) is 0 Å². The molecule has 0 bridgehead atoms. The highest BCUT2D eigenvalue weighted by molar-refractivity contribution is 5.76. The lowest BCUT2D eigenvalue weighted by atomic mass is 10.1. The number of aromatic nitrogens is 2. The highest BCUT2D eigenvalue weighted by Crippen LogP contribution is 2.14. The number of carbonyl (C=O) groups excluding carboxylic acids is 1. The topological polar surface area (TPSA) is 41.4 Å². The van der Waals surface area contributed by atoms with Gasteiger partial charge in [0.15, 0.2) is 0 Å². The highest BCUT2D eigenvalue weighted by atomic mass is 16.2. The van der Waals surface area contributed by atoms with Crippen LogP contribution in [0.3, 0.4) is 0 Å². The molecule has 0 radical (unpaired) electrons. The maximum absolute atomic E-state index is 12.6. The zero-order valence-corrected chi connectivity index (χ0v) is 15.3. The summed E-state index contributed by atoms with van der Waals surface area (Å²) in [4.78, 5) is 17.1. The van der Waals surface area contributed by atoms with Crippen molar-refractivity contribution in [1.29, 1.82) is 0 Å². The predicted octanol–water partition coefficient (Wildman–Crippen LogP) is 2.33. The first-order chi connectivity index (χ1) is 12.1. The van der Waals surface area contributed by atoms with Gasteiger partial charge in [0.2, 0.25) is 5.91 Å². The van der Waals surface area contributed by atoms with Crippen molar-refractivity contribution in [2.24, 2.45) is 13.0 Å². The van der Waals surface area contributed by atoms with E-state index in [9.17, 15) is 4.79 Å². The second-order valence-corrected chi connectivity index (χ2v) is 7.19. The van der Waals surface area contributed by atoms with Crippen molar-refractivity contribution in [2.75, 3.05) is 26.2 Å². The third-order valence-corrected chi connectivity index (χ3v) is 4.78. The normalized spacial score (nSPS) is 19.0. The number of nitrogens with zero attached hydrogens (tertiary/aromatic N) is 4. The SMILES string of the molecule is C[C@H]1CN(Cc2ccccc2)CCN(C(=O)CCc2cnn(C)c2)C1. The summed E-state index contributed by atoms with van der Waals surface area (Å²) in [5.41, 5.74) is 2.47. The minimum absolute atomic E-state index is 0.261. The third kappa shape index (κ3) is 5.16. The van der Waals surface area contributed by atoms with Crippen LogP contribution in [-0.2, 0) is 24.8 Å². The van der Waals surface area contributed by atoms with E-state index in [1.165, 1.54) is 5.56 Å². The molecule has 5 heteroatoms. The van der Waals surface area contributed by atoms with Crippen LogP contribution in [0.4, 0.5) is 0 Å². The van der Waals surface area contributed by atoms with Gasteiger partial charge in [-0.1, -0.05) is 37.3 Å². The van der Waals surface area contributed by atoms with E-state index in [-0.39, 0.29) is 5.91 Å². The molecule has 0 spiro atoms. The van der Waals surface area contributed by atoms with Gasteiger partial charge in [-0.2, -0.15) is 5.10 Å². The zero-order chi connectivity index (χ0) is 17.6. The molecule has 1 aromatic heterocycles. The van der Waals surface area contributed by atoms with Gasteiger partial charge in [0.1, 0.15) is 0 Å². The van der Waals surface area contributed by atoms with Gasteiger partial charge in [0.05, 0.1) is 6.20 Å². The monoisotopic (exact) mass is 340 g/mol. The molecule has 1 fully saturated rings. The number of carbonyl (C=O) groups is 1. The summed E-state index contributed by atoms with van der Waals surface area (Å²) in [7, 11) is 1.91. The standard InChI is InChI=1S/C20H28N4O/c1-17-13-23(16-18-6-4-3-5-7-18)10-11-24(14-17)20(25)9-8-19-12-21-22(2)15-19/h3-7,12,15,17H,8-11,13-14,16H2,1-2H3/t17-/m0/s1. The summed E-state index contributed by atoms with van der Waals surface area (Å²) in [6.45, 7) is 6.87. The number of hydrogen-bond donors (Lipinski definition) is 0. The van der Waals surface area contributed by atoms with Crippen molar-refractivity contribution in [2.45, 2.75) is 26.3 Å². The van der Waals surface area contributed by atoms with Crippen LogP contribution in [0.1, 0.15) is 24.5 Å². The largest absolute Gasteiger partial charge is 0.341 e. The van der Waals surface area contributed by atoms with Crippen molar-refractivity contribution in [1.82, 2.24) is 19.6 Å². The Balaban J connectivity index is 1.52. The Morgan fingerprint density at radius 2 is 1.96 bits per heavy atom. The van der Waals surface area contributed by atoms with E-state index in [0.29, 0.717) is 12.3 Å². The number of aryl methyl sites for hydroxylation is 2. The first-order valence-electron chi connectivity index (χ1n) is 9.12. The minimum Gasteiger partial charge on any atom is -0.341 e. The van der Waals surface area contributed by atoms with Gasteiger partial charge in [0.25, 0.3) is 0 Å². The summed E-state index contributed by atoms with van der Waals surface area (Å²) in [6.07, 6.45) is 5.17. The molecular weight excluding hydrogens is 312 g/mol. The quantitative estimate of drug-likeness (QED) is 0.839. The molecule has 0 aliphatic carbocycles. The van der Waals surface area contributed by atoms with Crippen molar-refractivity contribution >= 4 is 5.91 Å². The molecule has 0 N–H and O–H groups in total. The molecule has 134 valence electrons. The maximum atomic E-state index is 12.6. The summed E-state index contributed by atoms with van der Waals surface area (Å²) in [5.74, 6) is 0.755. The fourth-order valence-corrected chi connectivity index (χ4v) is 3.54. The molecular formula is C20H28N4O. The second kappa shape index (κ2) is 8.30. The van der Waals surface area contributed by atoms with Gasteiger partial charge in [-0.25, -0.2) is 0 Å². The molecule has 1 aliphatic rings. The lowest BCUT2D eigenvalue weighted by Crippen LogP contribution is -2.35. The Labute approximate surface area is 150 Å². The van der Waals surface area contributed by atoms with Gasteiger partial charge in [-0.05, 0) is 23.5 Å². The predicted molar refractivity (Wildman–Crippen MR) is 99.0 cm³/mol. The Hall–Kier alpha value is -2.14. The van der Waals surface area contributed by atoms with E-state index in [1.54, 1.807) is 4.68 Å². The van der Waals surface area contributed by atoms with E-state index in [2.05, 4.69) is 47.3 Å². The van der Waals surface area contributed by atoms with E-state index in [4.69, 9.17) is 0 Å². The number of benzene rings is 1. The lowest BCUT2D eigenvalue weighted by molar-refractivity contribution is -0.131. The third-order valence-electron chi connectivity index (χ3n) is 4.78. The van der Waals surface area contributed by atoms with Crippen LogP contribution in [0.15, 0.2) is 42.7 Å². The average Bonchev–Trinajstić information content (AvgIpc) is 2.93. The Kier molecular flexibility index (Phi) is 5.87. The zero-order valence-electron chi connectivity index (χ0n) is 15.3. The van der Waals surface area contributed by atoms with Gasteiger partial charge in [-0.3, -0.25) is 14.4 Å². The number of hydrogen-bond acceptors (Lipinski definition) is 3. The van der Waals surface area contributed by atoms with E-state index < -0.39 is 0 Å². The molecule has 1 aliphatic heterocycles. The summed E-state index contributed by atoms with van der Waals surface area (Å²) >= 11 is 0. The second-order valence-electron chi connectivity index (χ2n) is 7.19.